The lowest BCUT2D eigenvalue weighted by Crippen LogP contribution is -2.32. The molecule has 0 saturated carbocycles. The molecule has 2 amide bonds. The van der Waals surface area contributed by atoms with Crippen molar-refractivity contribution in [3.63, 3.8) is 0 Å². The number of benzene rings is 1. The zero-order valence-electron chi connectivity index (χ0n) is 7.03. The number of fused-ring (bicyclic) bond motifs is 1. The average molecular weight is 212 g/mol. The topological polar surface area (TPSA) is 57.6 Å². The molecule has 0 saturated heterocycles. The largest absolute Gasteiger partial charge is 0.464 e. The molecule has 14 heavy (non-hydrogen) atoms. The molecule has 0 fully saturated rings. The molecule has 4 nitrogen and oxygen atoms in total. The number of carbonyl (C=O) groups excluding carboxylic acids is 1. The molecule has 1 aliphatic heterocycles. The number of hydrogen-bond acceptors (Lipinski definition) is 2. The molecular weight excluding hydrogens is 206 g/mol. The van der Waals surface area contributed by atoms with Crippen LogP contribution in [0.4, 0.5) is 10.5 Å². The number of hydrogen-bond donors (Lipinski definition) is 1. The van der Waals surface area contributed by atoms with Gasteiger partial charge < -0.3 is 5.11 Å². The summed E-state index contributed by atoms with van der Waals surface area (Å²) in [5.74, 6) is -0.435. The second-order valence-electron chi connectivity index (χ2n) is 2.96. The molecule has 1 aromatic rings. The van der Waals surface area contributed by atoms with Crippen LogP contribution < -0.4 is 4.90 Å². The van der Waals surface area contributed by atoms with E-state index in [0.717, 1.165) is 4.90 Å². The van der Waals surface area contributed by atoms with Crippen molar-refractivity contribution in [2.45, 2.75) is 6.42 Å². The van der Waals surface area contributed by atoms with Crippen LogP contribution in [0.5, 0.6) is 0 Å². The second kappa shape index (κ2) is 2.99. The zero-order valence-corrected chi connectivity index (χ0v) is 7.78. The van der Waals surface area contributed by atoms with E-state index in [1.54, 1.807) is 12.1 Å². The highest BCUT2D eigenvalue weighted by molar-refractivity contribution is 6.31. The summed E-state index contributed by atoms with van der Waals surface area (Å²) in [5, 5.41) is 9.20. The Balaban J connectivity index is 2.55. The lowest BCUT2D eigenvalue weighted by Gasteiger charge is -2.10. The highest BCUT2D eigenvalue weighted by Crippen LogP contribution is 2.31. The number of rotatable bonds is 0. The van der Waals surface area contributed by atoms with Crippen LogP contribution in [-0.4, -0.2) is 17.1 Å². The van der Waals surface area contributed by atoms with Gasteiger partial charge in [-0.05, 0) is 17.7 Å². The first-order valence-corrected chi connectivity index (χ1v) is 4.31. The third-order valence-electron chi connectivity index (χ3n) is 2.07. The maximum atomic E-state index is 11.3. The van der Waals surface area contributed by atoms with Gasteiger partial charge >= 0.3 is 6.09 Å². The van der Waals surface area contributed by atoms with Gasteiger partial charge in [-0.15, -0.1) is 0 Å². The molecule has 72 valence electrons. The van der Waals surface area contributed by atoms with Crippen molar-refractivity contribution in [3.05, 3.63) is 28.8 Å². The van der Waals surface area contributed by atoms with Gasteiger partial charge in [-0.3, -0.25) is 4.79 Å². The molecule has 0 radical (unpaired) electrons. The fourth-order valence-corrected chi connectivity index (χ4v) is 1.65. The van der Waals surface area contributed by atoms with Crippen LogP contribution in [0.15, 0.2) is 18.2 Å². The van der Waals surface area contributed by atoms with E-state index in [0.29, 0.717) is 16.3 Å². The summed E-state index contributed by atoms with van der Waals surface area (Å²) >= 11 is 5.71. The minimum atomic E-state index is -1.27. The number of anilines is 1. The Hall–Kier alpha value is -1.55. The Kier molecular flexibility index (Phi) is 1.93. The first-order chi connectivity index (χ1) is 6.59. The fourth-order valence-electron chi connectivity index (χ4n) is 1.48. The molecule has 1 aliphatic rings. The summed E-state index contributed by atoms with van der Waals surface area (Å²) in [6.45, 7) is 0. The van der Waals surface area contributed by atoms with Crippen LogP contribution >= 0.6 is 11.6 Å². The van der Waals surface area contributed by atoms with Gasteiger partial charge in [0.1, 0.15) is 0 Å². The van der Waals surface area contributed by atoms with Crippen LogP contribution in [0.3, 0.4) is 0 Å². The van der Waals surface area contributed by atoms with Gasteiger partial charge in [0.05, 0.1) is 12.1 Å². The van der Waals surface area contributed by atoms with Gasteiger partial charge in [0.25, 0.3) is 0 Å². The normalized spacial score (nSPS) is 14.4. The maximum absolute atomic E-state index is 11.3. The van der Waals surface area contributed by atoms with Crippen LogP contribution in [-0.2, 0) is 11.2 Å². The van der Waals surface area contributed by atoms with Crippen LogP contribution in [0.2, 0.25) is 5.02 Å². The predicted molar refractivity (Wildman–Crippen MR) is 50.7 cm³/mol. The molecule has 0 aliphatic carbocycles. The third-order valence-corrected chi connectivity index (χ3v) is 2.31. The van der Waals surface area contributed by atoms with E-state index in [4.69, 9.17) is 16.7 Å². The molecule has 0 unspecified atom stereocenters. The van der Waals surface area contributed by atoms with Crippen molar-refractivity contribution in [2.24, 2.45) is 0 Å². The molecule has 0 bridgehead atoms. The lowest BCUT2D eigenvalue weighted by molar-refractivity contribution is -0.116. The quantitative estimate of drug-likeness (QED) is 0.713. The van der Waals surface area contributed by atoms with Crippen LogP contribution in [0.25, 0.3) is 0 Å². The summed E-state index contributed by atoms with van der Waals surface area (Å²) in [7, 11) is 0. The van der Waals surface area contributed by atoms with E-state index >= 15 is 0 Å². The number of carboxylic acid groups (broad SMARTS) is 1. The highest BCUT2D eigenvalue weighted by Gasteiger charge is 2.32. The monoisotopic (exact) mass is 211 g/mol. The standard InChI is InChI=1S/C9H6ClNO3/c10-6-2-1-5-3-8(12)11(9(13)14)7(5)4-6/h1-2,4H,3H2,(H,13,14). The maximum Gasteiger partial charge on any atom is 0.418 e. The Morgan fingerprint density at radius 3 is 2.86 bits per heavy atom. The minimum Gasteiger partial charge on any atom is -0.464 e. The first-order valence-electron chi connectivity index (χ1n) is 3.94. The van der Waals surface area contributed by atoms with Gasteiger partial charge in [-0.25, -0.2) is 9.69 Å². The minimum absolute atomic E-state index is 0.124. The van der Waals surface area contributed by atoms with Crippen LogP contribution in [0, 0.1) is 0 Å². The smallest absolute Gasteiger partial charge is 0.418 e. The molecule has 2 rings (SSSR count). The molecule has 0 aromatic heterocycles. The van der Waals surface area contributed by atoms with Gasteiger partial charge in [-0.2, -0.15) is 0 Å². The summed E-state index contributed by atoms with van der Waals surface area (Å²) in [6, 6.07) is 4.79. The molecule has 0 atom stereocenters. The predicted octanol–water partition coefficient (Wildman–Crippen LogP) is 1.91. The van der Waals surface area contributed by atoms with Crippen molar-refractivity contribution in [1.29, 1.82) is 0 Å². The lowest BCUT2D eigenvalue weighted by atomic mass is 10.2. The summed E-state index contributed by atoms with van der Waals surface area (Å²) in [5.41, 5.74) is 1.07. The van der Waals surface area contributed by atoms with Crippen molar-refractivity contribution < 1.29 is 14.7 Å². The second-order valence-corrected chi connectivity index (χ2v) is 3.40. The van der Waals surface area contributed by atoms with Crippen LogP contribution in [0.1, 0.15) is 5.56 Å². The van der Waals surface area contributed by atoms with Gasteiger partial charge in [0, 0.05) is 5.02 Å². The van der Waals surface area contributed by atoms with E-state index < -0.39 is 12.0 Å². The zero-order chi connectivity index (χ0) is 10.3. The van der Waals surface area contributed by atoms with E-state index in [9.17, 15) is 9.59 Å². The van der Waals surface area contributed by atoms with E-state index in [1.807, 2.05) is 0 Å². The van der Waals surface area contributed by atoms with Gasteiger partial charge in [0.2, 0.25) is 5.91 Å². The Morgan fingerprint density at radius 1 is 1.50 bits per heavy atom. The Labute approximate surface area is 84.7 Å². The van der Waals surface area contributed by atoms with Gasteiger partial charge in [0.15, 0.2) is 0 Å². The molecule has 1 aromatic carbocycles. The molecule has 1 N–H and O–H groups in total. The highest BCUT2D eigenvalue weighted by atomic mass is 35.5. The Morgan fingerprint density at radius 2 is 2.21 bits per heavy atom. The molecule has 5 heteroatoms. The van der Waals surface area contributed by atoms with Crippen molar-refractivity contribution in [1.82, 2.24) is 0 Å². The van der Waals surface area contributed by atoms with E-state index in [1.165, 1.54) is 6.07 Å². The summed E-state index contributed by atoms with van der Waals surface area (Å²) in [6.07, 6.45) is -1.14. The summed E-state index contributed by atoms with van der Waals surface area (Å²) < 4.78 is 0. The molecule has 0 spiro atoms. The fraction of sp³-hybridized carbons (Fsp3) is 0.111. The molecular formula is C9H6ClNO3. The summed E-state index contributed by atoms with van der Waals surface area (Å²) in [4.78, 5) is 22.8. The van der Waals surface area contributed by atoms with E-state index in [2.05, 4.69) is 0 Å². The van der Waals surface area contributed by atoms with Crippen molar-refractivity contribution in [3.8, 4) is 0 Å². The number of imide groups is 1. The molecule has 1 heterocycles. The van der Waals surface area contributed by atoms with Crippen molar-refractivity contribution in [2.75, 3.05) is 4.90 Å². The van der Waals surface area contributed by atoms with Crippen molar-refractivity contribution >= 4 is 29.3 Å². The number of nitrogens with zero attached hydrogens (tertiary/aromatic N) is 1. The number of halogens is 1. The van der Waals surface area contributed by atoms with E-state index in [-0.39, 0.29) is 6.42 Å². The average Bonchev–Trinajstić information content (AvgIpc) is 2.40. The van der Waals surface area contributed by atoms with Gasteiger partial charge in [-0.1, -0.05) is 17.7 Å². The third kappa shape index (κ3) is 1.24. The Bertz CT molecular complexity index is 430. The number of amides is 2. The number of carbonyl (C=O) groups is 2. The first kappa shape index (κ1) is 9.02. The SMILES string of the molecule is O=C(O)N1C(=O)Cc2ccc(Cl)cc21.